The van der Waals surface area contributed by atoms with Crippen molar-refractivity contribution in [3.05, 3.63) is 29.8 Å². The molecule has 1 fully saturated rings. The van der Waals surface area contributed by atoms with Crippen molar-refractivity contribution in [2.24, 2.45) is 0 Å². The zero-order chi connectivity index (χ0) is 17.1. The fourth-order valence-corrected chi connectivity index (χ4v) is 5.49. The average Bonchev–Trinajstić information content (AvgIpc) is 2.53. The summed E-state index contributed by atoms with van der Waals surface area (Å²) in [5.41, 5.74) is 0.683. The average molecular weight is 362 g/mol. The van der Waals surface area contributed by atoms with Crippen LogP contribution in [0.1, 0.15) is 5.56 Å². The minimum atomic E-state index is -3.59. The maximum absolute atomic E-state index is 12.7. The van der Waals surface area contributed by atoms with E-state index in [2.05, 4.69) is 0 Å². The van der Waals surface area contributed by atoms with Gasteiger partial charge < -0.3 is 4.74 Å². The second kappa shape index (κ2) is 7.27. The summed E-state index contributed by atoms with van der Waals surface area (Å²) < 4.78 is 57.0. The van der Waals surface area contributed by atoms with Gasteiger partial charge in [0.25, 0.3) is 0 Å². The normalized spacial score (nSPS) is 18.2. The Morgan fingerprint density at radius 2 is 1.57 bits per heavy atom. The topological polar surface area (TPSA) is 84.0 Å². The van der Waals surface area contributed by atoms with Crippen LogP contribution in [0.15, 0.2) is 29.2 Å². The molecule has 1 aromatic carbocycles. The number of methoxy groups -OCH3 is 1. The van der Waals surface area contributed by atoms with Gasteiger partial charge in [0.15, 0.2) is 0 Å². The van der Waals surface area contributed by atoms with E-state index >= 15 is 0 Å². The second-order valence-electron chi connectivity index (χ2n) is 5.38. The lowest BCUT2D eigenvalue weighted by atomic mass is 10.2. The lowest BCUT2D eigenvalue weighted by Crippen LogP contribution is -2.51. The summed E-state index contributed by atoms with van der Waals surface area (Å²) in [5, 5.41) is 0. The van der Waals surface area contributed by atoms with Gasteiger partial charge in [0.05, 0.1) is 17.3 Å². The van der Waals surface area contributed by atoms with Gasteiger partial charge in [-0.1, -0.05) is 18.2 Å². The number of benzene rings is 1. The summed E-state index contributed by atoms with van der Waals surface area (Å²) in [6, 6.07) is 6.80. The Morgan fingerprint density at radius 1 is 1.00 bits per heavy atom. The van der Waals surface area contributed by atoms with Crippen LogP contribution in [0.25, 0.3) is 0 Å². The second-order valence-corrected chi connectivity index (χ2v) is 9.37. The molecule has 0 bridgehead atoms. The molecule has 2 rings (SSSR count). The lowest BCUT2D eigenvalue weighted by molar-refractivity contribution is 0.213. The molecule has 1 aliphatic rings. The molecule has 0 unspecified atom stereocenters. The summed E-state index contributed by atoms with van der Waals surface area (Å²) in [5.74, 6) is -0.0892. The van der Waals surface area contributed by atoms with Crippen LogP contribution in [-0.2, 0) is 24.8 Å². The van der Waals surface area contributed by atoms with Gasteiger partial charge in [-0.25, -0.2) is 16.8 Å². The van der Waals surface area contributed by atoms with Crippen LogP contribution in [0.3, 0.4) is 0 Å². The maximum atomic E-state index is 12.7. The third-order valence-corrected chi connectivity index (χ3v) is 7.74. The number of aryl methyl sites for hydroxylation is 1. The Balaban J connectivity index is 2.09. The number of rotatable bonds is 6. The summed E-state index contributed by atoms with van der Waals surface area (Å²) >= 11 is 0. The van der Waals surface area contributed by atoms with Crippen LogP contribution in [0.5, 0.6) is 0 Å². The van der Waals surface area contributed by atoms with Crippen LogP contribution in [0.2, 0.25) is 0 Å². The summed E-state index contributed by atoms with van der Waals surface area (Å²) in [6.07, 6.45) is 0. The third kappa shape index (κ3) is 4.10. The van der Waals surface area contributed by atoms with E-state index in [0.29, 0.717) is 5.56 Å². The van der Waals surface area contributed by atoms with Gasteiger partial charge >= 0.3 is 0 Å². The van der Waals surface area contributed by atoms with E-state index < -0.39 is 20.0 Å². The molecule has 1 aliphatic heterocycles. The first-order valence-electron chi connectivity index (χ1n) is 7.31. The Kier molecular flexibility index (Phi) is 5.79. The van der Waals surface area contributed by atoms with Crippen LogP contribution in [0.4, 0.5) is 0 Å². The highest BCUT2D eigenvalue weighted by atomic mass is 32.2. The van der Waals surface area contributed by atoms with Crippen molar-refractivity contribution in [1.82, 2.24) is 8.61 Å². The maximum Gasteiger partial charge on any atom is 0.243 e. The molecular weight excluding hydrogens is 340 g/mol. The van der Waals surface area contributed by atoms with E-state index in [9.17, 15) is 16.8 Å². The first-order chi connectivity index (χ1) is 10.8. The molecule has 0 atom stereocenters. The number of hydrogen-bond acceptors (Lipinski definition) is 5. The monoisotopic (exact) mass is 362 g/mol. The van der Waals surface area contributed by atoms with Crippen molar-refractivity contribution in [1.29, 1.82) is 0 Å². The highest BCUT2D eigenvalue weighted by molar-refractivity contribution is 7.89. The van der Waals surface area contributed by atoms with E-state index in [1.54, 1.807) is 31.2 Å². The van der Waals surface area contributed by atoms with Crippen LogP contribution < -0.4 is 0 Å². The molecule has 130 valence electrons. The summed E-state index contributed by atoms with van der Waals surface area (Å²) in [6.45, 7) is 2.52. The van der Waals surface area contributed by atoms with Gasteiger partial charge in [0.1, 0.15) is 0 Å². The molecule has 0 aliphatic carbocycles. The smallest absolute Gasteiger partial charge is 0.243 e. The standard InChI is InChI=1S/C14H22N2O5S2/c1-13-5-3-4-6-14(13)23(19,20)16-9-7-15(8-10-16)22(17,18)12-11-21-2/h3-6H,7-12H2,1-2H3. The number of sulfonamides is 2. The molecule has 1 heterocycles. The predicted molar refractivity (Wildman–Crippen MR) is 87.2 cm³/mol. The largest absolute Gasteiger partial charge is 0.384 e. The molecule has 0 aromatic heterocycles. The van der Waals surface area contributed by atoms with E-state index in [4.69, 9.17) is 4.74 Å². The van der Waals surface area contributed by atoms with Crippen LogP contribution >= 0.6 is 0 Å². The van der Waals surface area contributed by atoms with Crippen LogP contribution in [-0.4, -0.2) is 71.1 Å². The fourth-order valence-electron chi connectivity index (χ4n) is 2.49. The summed E-state index contributed by atoms with van der Waals surface area (Å²) in [7, 11) is -5.55. The minimum Gasteiger partial charge on any atom is -0.384 e. The number of piperazine rings is 1. The molecule has 0 saturated carbocycles. The molecule has 1 saturated heterocycles. The Bertz CT molecular complexity index is 738. The van der Waals surface area contributed by atoms with E-state index in [1.807, 2.05) is 0 Å². The molecule has 0 amide bonds. The molecule has 1 aromatic rings. The van der Waals surface area contributed by atoms with Crippen molar-refractivity contribution in [2.75, 3.05) is 45.6 Å². The molecule has 0 N–H and O–H groups in total. The number of hydrogen-bond donors (Lipinski definition) is 0. The predicted octanol–water partition coefficient (Wildman–Crippen LogP) is 0.278. The van der Waals surface area contributed by atoms with E-state index in [-0.39, 0.29) is 43.4 Å². The van der Waals surface area contributed by atoms with Gasteiger partial charge in [0, 0.05) is 33.3 Å². The van der Waals surface area contributed by atoms with Crippen LogP contribution in [0, 0.1) is 6.92 Å². The number of nitrogens with zero attached hydrogens (tertiary/aromatic N) is 2. The molecule has 9 heteroatoms. The first kappa shape index (κ1) is 18.3. The van der Waals surface area contributed by atoms with Gasteiger partial charge in [-0.3, -0.25) is 0 Å². The van der Waals surface area contributed by atoms with Crippen molar-refractivity contribution < 1.29 is 21.6 Å². The summed E-state index contributed by atoms with van der Waals surface area (Å²) in [4.78, 5) is 0.274. The first-order valence-corrected chi connectivity index (χ1v) is 10.4. The molecule has 0 spiro atoms. The SMILES string of the molecule is COCCS(=O)(=O)N1CCN(S(=O)(=O)c2ccccc2C)CC1. The van der Waals surface area contributed by atoms with E-state index in [1.165, 1.54) is 15.7 Å². The third-order valence-electron chi connectivity index (χ3n) is 3.85. The fraction of sp³-hybridized carbons (Fsp3) is 0.571. The molecular formula is C14H22N2O5S2. The Labute approximate surface area is 137 Å². The van der Waals surface area contributed by atoms with Gasteiger partial charge in [0.2, 0.25) is 20.0 Å². The minimum absolute atomic E-state index is 0.0892. The van der Waals surface area contributed by atoms with Gasteiger partial charge in [-0.2, -0.15) is 8.61 Å². The zero-order valence-electron chi connectivity index (χ0n) is 13.3. The van der Waals surface area contributed by atoms with Crippen molar-refractivity contribution in [3.8, 4) is 0 Å². The van der Waals surface area contributed by atoms with Gasteiger partial charge in [-0.15, -0.1) is 0 Å². The molecule has 23 heavy (non-hydrogen) atoms. The van der Waals surface area contributed by atoms with Crippen molar-refractivity contribution in [2.45, 2.75) is 11.8 Å². The zero-order valence-corrected chi connectivity index (χ0v) is 14.9. The van der Waals surface area contributed by atoms with Crippen molar-refractivity contribution >= 4 is 20.0 Å². The Hall–Kier alpha value is -1.00. The highest BCUT2D eigenvalue weighted by Crippen LogP contribution is 2.21. The van der Waals surface area contributed by atoms with E-state index in [0.717, 1.165) is 0 Å². The molecule has 7 nitrogen and oxygen atoms in total. The quantitative estimate of drug-likeness (QED) is 0.726. The Morgan fingerprint density at radius 3 is 2.13 bits per heavy atom. The molecule has 0 radical (unpaired) electrons. The highest BCUT2D eigenvalue weighted by Gasteiger charge is 2.33. The lowest BCUT2D eigenvalue weighted by Gasteiger charge is -2.33. The van der Waals surface area contributed by atoms with Crippen molar-refractivity contribution in [3.63, 3.8) is 0 Å². The number of ether oxygens (including phenoxy) is 1. The van der Waals surface area contributed by atoms with Gasteiger partial charge in [-0.05, 0) is 18.6 Å².